The van der Waals surface area contributed by atoms with Crippen LogP contribution in [-0.2, 0) is 0 Å². The molecule has 0 unspecified atom stereocenters. The molecule has 3 N–H and O–H groups in total. The molecule has 0 saturated heterocycles. The Morgan fingerprint density at radius 1 is 1.53 bits per heavy atom. The molecule has 0 spiro atoms. The second-order valence-corrected chi connectivity index (χ2v) is 3.23. The van der Waals surface area contributed by atoms with Gasteiger partial charge in [0.25, 0.3) is 5.69 Å². The standard InChI is InChI=1S/C8H7BFNO6/c1-3-5(10)2-4(8(12)13)7(11(16)17)6(3)9(14)15/h2,14-15H,1H3,(H,12,13). The average molecular weight is 243 g/mol. The van der Waals surface area contributed by atoms with Crippen molar-refractivity contribution < 1.29 is 29.3 Å². The first-order chi connectivity index (χ1) is 7.77. The number of benzene rings is 1. The van der Waals surface area contributed by atoms with Crippen molar-refractivity contribution in [3.05, 3.63) is 33.1 Å². The number of nitrogens with zero attached hydrogens (tertiary/aromatic N) is 1. The first-order valence-corrected chi connectivity index (χ1v) is 4.34. The Morgan fingerprint density at radius 3 is 2.41 bits per heavy atom. The van der Waals surface area contributed by atoms with Crippen LogP contribution in [0.2, 0.25) is 0 Å². The van der Waals surface area contributed by atoms with Gasteiger partial charge in [-0.15, -0.1) is 0 Å². The number of halogens is 1. The summed E-state index contributed by atoms with van der Waals surface area (Å²) < 4.78 is 13.3. The summed E-state index contributed by atoms with van der Waals surface area (Å²) in [5.41, 5.74) is -3.09. The van der Waals surface area contributed by atoms with Crippen LogP contribution >= 0.6 is 0 Å². The highest BCUT2D eigenvalue weighted by molar-refractivity contribution is 6.61. The Balaban J connectivity index is 3.76. The predicted molar refractivity (Wildman–Crippen MR) is 54.6 cm³/mol. The number of carboxylic acids is 1. The Labute approximate surface area is 94.4 Å². The minimum atomic E-state index is -2.33. The molecule has 0 bridgehead atoms. The van der Waals surface area contributed by atoms with Crippen molar-refractivity contribution in [2.45, 2.75) is 6.92 Å². The van der Waals surface area contributed by atoms with E-state index in [-0.39, 0.29) is 5.56 Å². The molecule has 0 aromatic heterocycles. The van der Waals surface area contributed by atoms with Crippen molar-refractivity contribution in [2.75, 3.05) is 0 Å². The van der Waals surface area contributed by atoms with Crippen LogP contribution < -0.4 is 5.46 Å². The van der Waals surface area contributed by atoms with Gasteiger partial charge in [-0.25, -0.2) is 9.18 Å². The molecule has 0 fully saturated rings. The maximum atomic E-state index is 13.3. The van der Waals surface area contributed by atoms with Crippen LogP contribution in [0, 0.1) is 22.9 Å². The quantitative estimate of drug-likeness (QED) is 0.371. The van der Waals surface area contributed by atoms with Crippen molar-refractivity contribution in [1.82, 2.24) is 0 Å². The number of hydrogen-bond donors (Lipinski definition) is 3. The summed E-state index contributed by atoms with van der Waals surface area (Å²) in [6.07, 6.45) is 0. The highest BCUT2D eigenvalue weighted by atomic mass is 19.1. The van der Waals surface area contributed by atoms with Crippen molar-refractivity contribution in [2.24, 2.45) is 0 Å². The number of nitro groups is 1. The molecule has 1 aromatic carbocycles. The van der Waals surface area contributed by atoms with Crippen LogP contribution in [0.15, 0.2) is 6.07 Å². The largest absolute Gasteiger partial charge is 0.495 e. The van der Waals surface area contributed by atoms with Crippen LogP contribution in [0.5, 0.6) is 0 Å². The SMILES string of the molecule is Cc1c(F)cc(C(=O)O)c([N+](=O)[O-])c1B(O)O. The molecule has 17 heavy (non-hydrogen) atoms. The zero-order valence-corrected chi connectivity index (χ0v) is 8.55. The van der Waals surface area contributed by atoms with E-state index in [4.69, 9.17) is 15.2 Å². The monoisotopic (exact) mass is 243 g/mol. The number of rotatable bonds is 3. The second-order valence-electron chi connectivity index (χ2n) is 3.23. The smallest absolute Gasteiger partial charge is 0.477 e. The van der Waals surface area contributed by atoms with Crippen LogP contribution in [0.25, 0.3) is 0 Å². The molecule has 0 atom stereocenters. The third kappa shape index (κ3) is 2.24. The van der Waals surface area contributed by atoms with Gasteiger partial charge in [0.2, 0.25) is 0 Å². The van der Waals surface area contributed by atoms with Crippen molar-refractivity contribution in [1.29, 1.82) is 0 Å². The molecule has 0 saturated carbocycles. The summed E-state index contributed by atoms with van der Waals surface area (Å²) in [7, 11) is -2.33. The van der Waals surface area contributed by atoms with E-state index in [1.54, 1.807) is 0 Å². The lowest BCUT2D eigenvalue weighted by molar-refractivity contribution is -0.384. The Kier molecular flexibility index (Phi) is 3.44. The van der Waals surface area contributed by atoms with E-state index in [1.165, 1.54) is 0 Å². The minimum absolute atomic E-state index is 0.378. The van der Waals surface area contributed by atoms with E-state index in [1.807, 2.05) is 0 Å². The van der Waals surface area contributed by atoms with E-state index in [2.05, 4.69) is 0 Å². The highest BCUT2D eigenvalue weighted by Gasteiger charge is 2.34. The molecule has 9 heteroatoms. The lowest BCUT2D eigenvalue weighted by Crippen LogP contribution is -2.36. The first kappa shape index (κ1) is 13.1. The van der Waals surface area contributed by atoms with Gasteiger partial charge < -0.3 is 15.2 Å². The van der Waals surface area contributed by atoms with Gasteiger partial charge >= 0.3 is 13.1 Å². The second kappa shape index (κ2) is 4.48. The van der Waals surface area contributed by atoms with Gasteiger partial charge in [-0.05, 0) is 18.6 Å². The Bertz CT molecular complexity index is 503. The molecule has 1 rings (SSSR count). The lowest BCUT2D eigenvalue weighted by Gasteiger charge is -2.09. The van der Waals surface area contributed by atoms with Gasteiger partial charge in [-0.1, -0.05) is 0 Å². The van der Waals surface area contributed by atoms with E-state index in [0.29, 0.717) is 6.07 Å². The van der Waals surface area contributed by atoms with Gasteiger partial charge in [0.05, 0.1) is 10.4 Å². The molecule has 90 valence electrons. The van der Waals surface area contributed by atoms with Crippen molar-refractivity contribution >= 4 is 24.2 Å². The van der Waals surface area contributed by atoms with Crippen LogP contribution in [-0.4, -0.2) is 33.2 Å². The fraction of sp³-hybridized carbons (Fsp3) is 0.125. The molecule has 0 radical (unpaired) electrons. The molecule has 0 aliphatic rings. The zero-order chi connectivity index (χ0) is 13.3. The maximum absolute atomic E-state index is 13.3. The average Bonchev–Trinajstić information content (AvgIpc) is 2.19. The molecule has 0 aliphatic carbocycles. The van der Waals surface area contributed by atoms with E-state index < -0.39 is 40.5 Å². The van der Waals surface area contributed by atoms with Crippen LogP contribution in [0.4, 0.5) is 10.1 Å². The molecule has 0 heterocycles. The molecule has 0 amide bonds. The van der Waals surface area contributed by atoms with Gasteiger partial charge in [0.1, 0.15) is 11.4 Å². The molecular formula is C8H7BFNO6. The minimum Gasteiger partial charge on any atom is -0.477 e. The van der Waals surface area contributed by atoms with Crippen molar-refractivity contribution in [3.8, 4) is 0 Å². The van der Waals surface area contributed by atoms with Gasteiger partial charge in [0, 0.05) is 0 Å². The van der Waals surface area contributed by atoms with E-state index in [0.717, 1.165) is 6.92 Å². The molecule has 0 aliphatic heterocycles. The molecule has 7 nitrogen and oxygen atoms in total. The summed E-state index contributed by atoms with van der Waals surface area (Å²) in [5.74, 6) is -2.78. The number of nitro benzene ring substituents is 1. The fourth-order valence-electron chi connectivity index (χ4n) is 1.43. The summed E-state index contributed by atoms with van der Waals surface area (Å²) in [5, 5.41) is 37.3. The van der Waals surface area contributed by atoms with E-state index >= 15 is 0 Å². The normalized spacial score (nSPS) is 10.1. The summed E-state index contributed by atoms with van der Waals surface area (Å²) >= 11 is 0. The predicted octanol–water partition coefficient (Wildman–Crippen LogP) is -0.580. The van der Waals surface area contributed by atoms with Gasteiger partial charge in [0.15, 0.2) is 0 Å². The Hall–Kier alpha value is -2.00. The van der Waals surface area contributed by atoms with Gasteiger partial charge in [-0.3, -0.25) is 10.1 Å². The zero-order valence-electron chi connectivity index (χ0n) is 8.55. The number of carbonyl (C=O) groups is 1. The first-order valence-electron chi connectivity index (χ1n) is 4.34. The molecular weight excluding hydrogens is 236 g/mol. The lowest BCUT2D eigenvalue weighted by atomic mass is 9.74. The van der Waals surface area contributed by atoms with Gasteiger partial charge in [-0.2, -0.15) is 0 Å². The number of carboxylic acid groups (broad SMARTS) is 1. The van der Waals surface area contributed by atoms with E-state index in [9.17, 15) is 19.3 Å². The summed E-state index contributed by atoms with van der Waals surface area (Å²) in [6.45, 7) is 1.09. The van der Waals surface area contributed by atoms with Crippen LogP contribution in [0.3, 0.4) is 0 Å². The third-order valence-corrected chi connectivity index (χ3v) is 2.21. The number of hydrogen-bond acceptors (Lipinski definition) is 5. The third-order valence-electron chi connectivity index (χ3n) is 2.21. The maximum Gasteiger partial charge on any atom is 0.495 e. The van der Waals surface area contributed by atoms with Crippen molar-refractivity contribution in [3.63, 3.8) is 0 Å². The summed E-state index contributed by atoms with van der Waals surface area (Å²) in [6, 6.07) is 0.474. The molecule has 1 aromatic rings. The summed E-state index contributed by atoms with van der Waals surface area (Å²) in [4.78, 5) is 20.4. The topological polar surface area (TPSA) is 121 Å². The Morgan fingerprint density at radius 2 is 2.06 bits per heavy atom. The number of aromatic carboxylic acids is 1. The fourth-order valence-corrected chi connectivity index (χ4v) is 1.43. The highest BCUT2D eigenvalue weighted by Crippen LogP contribution is 2.21. The van der Waals surface area contributed by atoms with Crippen LogP contribution in [0.1, 0.15) is 15.9 Å².